The third kappa shape index (κ3) is 2.13. The number of phenols is 1. The molecule has 2 aromatic carbocycles. The van der Waals surface area contributed by atoms with Crippen molar-refractivity contribution in [1.82, 2.24) is 0 Å². The molecule has 118 valence electrons. The third-order valence-corrected chi connectivity index (χ3v) is 3.90. The topological polar surface area (TPSA) is 50.4 Å². The van der Waals surface area contributed by atoms with Crippen molar-refractivity contribution in [3.05, 3.63) is 76.5 Å². The highest BCUT2D eigenvalue weighted by molar-refractivity contribution is 6.02. The molecule has 0 saturated heterocycles. The summed E-state index contributed by atoms with van der Waals surface area (Å²) < 4.78 is 33.3. The molecule has 1 aliphatic carbocycles. The van der Waals surface area contributed by atoms with Crippen molar-refractivity contribution < 1.29 is 18.3 Å². The Balaban J connectivity index is 2.25. The first-order valence-electron chi connectivity index (χ1n) is 7.18. The lowest BCUT2D eigenvalue weighted by Gasteiger charge is -2.15. The summed E-state index contributed by atoms with van der Waals surface area (Å²) in [5, 5.41) is 9.97. The lowest BCUT2D eigenvalue weighted by atomic mass is 9.93. The second-order valence-corrected chi connectivity index (χ2v) is 5.42. The molecule has 0 radical (unpaired) electrons. The Hall–Kier alpha value is -3.21. The molecule has 1 N–H and O–H groups in total. The van der Waals surface area contributed by atoms with Crippen LogP contribution in [0.5, 0.6) is 5.75 Å². The van der Waals surface area contributed by atoms with Gasteiger partial charge >= 0.3 is 0 Å². The van der Waals surface area contributed by atoms with E-state index in [9.17, 15) is 18.7 Å². The second-order valence-electron chi connectivity index (χ2n) is 5.42. The SMILES string of the molecule is O=c1cc2oc3cc(O)c(F)cc3c(-c3ccccc3)c-2cc1F. The van der Waals surface area contributed by atoms with E-state index in [1.807, 2.05) is 6.07 Å². The smallest absolute Gasteiger partial charge is 0.217 e. The Morgan fingerprint density at radius 3 is 2.42 bits per heavy atom. The van der Waals surface area contributed by atoms with Crippen molar-refractivity contribution in [3.8, 4) is 28.2 Å². The zero-order valence-electron chi connectivity index (χ0n) is 12.2. The number of phenolic OH excluding ortho intramolecular Hbond substituents is 1. The van der Waals surface area contributed by atoms with Crippen LogP contribution in [0.25, 0.3) is 33.4 Å². The molecule has 0 saturated carbocycles. The van der Waals surface area contributed by atoms with E-state index < -0.39 is 22.8 Å². The fourth-order valence-electron chi connectivity index (χ4n) is 2.82. The number of fused-ring (bicyclic) bond motifs is 2. The minimum absolute atomic E-state index is 0.166. The number of hydrogen-bond donors (Lipinski definition) is 1. The molecule has 3 nitrogen and oxygen atoms in total. The van der Waals surface area contributed by atoms with Gasteiger partial charge in [0.1, 0.15) is 11.3 Å². The first-order chi connectivity index (χ1) is 11.5. The van der Waals surface area contributed by atoms with E-state index >= 15 is 0 Å². The van der Waals surface area contributed by atoms with Crippen molar-refractivity contribution in [2.24, 2.45) is 0 Å². The van der Waals surface area contributed by atoms with E-state index in [4.69, 9.17) is 4.42 Å². The average Bonchev–Trinajstić information content (AvgIpc) is 2.57. The van der Waals surface area contributed by atoms with Crippen LogP contribution in [0.4, 0.5) is 8.78 Å². The summed E-state index contributed by atoms with van der Waals surface area (Å²) in [6.45, 7) is 0. The maximum absolute atomic E-state index is 13.9. The summed E-state index contributed by atoms with van der Waals surface area (Å²) in [4.78, 5) is 11.6. The van der Waals surface area contributed by atoms with E-state index in [-0.39, 0.29) is 11.3 Å². The van der Waals surface area contributed by atoms with Gasteiger partial charge in [-0.25, -0.2) is 8.78 Å². The number of halogens is 2. The maximum atomic E-state index is 13.9. The molecule has 0 aromatic heterocycles. The van der Waals surface area contributed by atoms with E-state index in [2.05, 4.69) is 0 Å². The zero-order chi connectivity index (χ0) is 16.8. The van der Waals surface area contributed by atoms with Gasteiger partial charge in [-0.05, 0) is 17.7 Å². The van der Waals surface area contributed by atoms with Gasteiger partial charge in [-0.15, -0.1) is 0 Å². The van der Waals surface area contributed by atoms with Gasteiger partial charge in [0.25, 0.3) is 0 Å². The third-order valence-electron chi connectivity index (χ3n) is 3.90. The van der Waals surface area contributed by atoms with Gasteiger partial charge in [-0.1, -0.05) is 30.3 Å². The Morgan fingerprint density at radius 2 is 1.67 bits per heavy atom. The summed E-state index contributed by atoms with van der Waals surface area (Å²) in [7, 11) is 0. The molecule has 1 heterocycles. The quantitative estimate of drug-likeness (QED) is 0.523. The fourth-order valence-corrected chi connectivity index (χ4v) is 2.82. The van der Waals surface area contributed by atoms with Gasteiger partial charge in [0.15, 0.2) is 17.4 Å². The molecule has 1 aliphatic heterocycles. The largest absolute Gasteiger partial charge is 0.505 e. The molecule has 0 atom stereocenters. The van der Waals surface area contributed by atoms with Crippen LogP contribution in [0.15, 0.2) is 63.8 Å². The number of rotatable bonds is 1. The normalized spacial score (nSPS) is 11.2. The average molecular weight is 324 g/mol. The molecule has 4 rings (SSSR count). The number of aromatic hydroxyl groups is 1. The van der Waals surface area contributed by atoms with Crippen molar-refractivity contribution in [1.29, 1.82) is 0 Å². The van der Waals surface area contributed by atoms with E-state index in [1.165, 1.54) is 0 Å². The van der Waals surface area contributed by atoms with Crippen LogP contribution in [0.2, 0.25) is 0 Å². The van der Waals surface area contributed by atoms with Crippen LogP contribution in [0, 0.1) is 11.6 Å². The summed E-state index contributed by atoms with van der Waals surface area (Å²) in [6.07, 6.45) is 0. The highest BCUT2D eigenvalue weighted by Crippen LogP contribution is 2.41. The van der Waals surface area contributed by atoms with Gasteiger partial charge in [0.2, 0.25) is 5.43 Å². The molecule has 2 aromatic rings. The molecule has 0 fully saturated rings. The Labute approximate surface area is 134 Å². The van der Waals surface area contributed by atoms with Crippen molar-refractivity contribution in [3.63, 3.8) is 0 Å². The second kappa shape index (κ2) is 5.16. The molecule has 0 spiro atoms. The monoisotopic (exact) mass is 324 g/mol. The van der Waals surface area contributed by atoms with E-state index in [0.717, 1.165) is 24.3 Å². The van der Waals surface area contributed by atoms with Gasteiger partial charge in [-0.3, -0.25) is 4.79 Å². The van der Waals surface area contributed by atoms with E-state index in [0.29, 0.717) is 22.1 Å². The predicted octanol–water partition coefficient (Wildman–Crippen LogP) is 4.55. The lowest BCUT2D eigenvalue weighted by molar-refractivity contribution is 0.432. The Kier molecular flexibility index (Phi) is 3.09. The highest BCUT2D eigenvalue weighted by Gasteiger charge is 2.20. The van der Waals surface area contributed by atoms with Crippen LogP contribution in [-0.4, -0.2) is 5.11 Å². The number of hydrogen-bond acceptors (Lipinski definition) is 3. The molecule has 0 bridgehead atoms. The van der Waals surface area contributed by atoms with Crippen LogP contribution in [0.1, 0.15) is 0 Å². The van der Waals surface area contributed by atoms with E-state index in [1.54, 1.807) is 24.3 Å². The molecular formula is C19H10F2O3. The fraction of sp³-hybridized carbons (Fsp3) is 0. The van der Waals surface area contributed by atoms with Crippen molar-refractivity contribution >= 4 is 11.0 Å². The minimum Gasteiger partial charge on any atom is -0.505 e. The standard InChI is InChI=1S/C19H10F2O3/c20-13-6-11-17(8-15(13)22)24-18-9-16(23)14(21)7-12(18)19(11)10-4-2-1-3-5-10/h1-9,22H. The van der Waals surface area contributed by atoms with Gasteiger partial charge in [0, 0.05) is 28.6 Å². The minimum atomic E-state index is -0.909. The first kappa shape index (κ1) is 14.4. The predicted molar refractivity (Wildman–Crippen MR) is 86.1 cm³/mol. The summed E-state index contributed by atoms with van der Waals surface area (Å²) in [5.41, 5.74) is 1.01. The Bertz CT molecular complexity index is 1100. The molecule has 0 unspecified atom stereocenters. The van der Waals surface area contributed by atoms with Crippen LogP contribution in [-0.2, 0) is 0 Å². The van der Waals surface area contributed by atoms with Crippen LogP contribution in [0.3, 0.4) is 0 Å². The first-order valence-corrected chi connectivity index (χ1v) is 7.18. The van der Waals surface area contributed by atoms with Crippen LogP contribution >= 0.6 is 0 Å². The van der Waals surface area contributed by atoms with Crippen LogP contribution < -0.4 is 5.43 Å². The molecule has 24 heavy (non-hydrogen) atoms. The van der Waals surface area contributed by atoms with Crippen molar-refractivity contribution in [2.45, 2.75) is 0 Å². The summed E-state index contributed by atoms with van der Waals surface area (Å²) >= 11 is 0. The number of benzene rings is 3. The maximum Gasteiger partial charge on any atom is 0.217 e. The molecule has 2 aliphatic rings. The van der Waals surface area contributed by atoms with Gasteiger partial charge in [0.05, 0.1) is 0 Å². The molecule has 5 heteroatoms. The highest BCUT2D eigenvalue weighted by atomic mass is 19.1. The van der Waals surface area contributed by atoms with Gasteiger partial charge < -0.3 is 9.52 Å². The molecular weight excluding hydrogens is 314 g/mol. The van der Waals surface area contributed by atoms with Gasteiger partial charge in [-0.2, -0.15) is 0 Å². The summed E-state index contributed by atoms with van der Waals surface area (Å²) in [5.74, 6) is -2.11. The lowest BCUT2D eigenvalue weighted by Crippen LogP contribution is -2.06. The Morgan fingerprint density at radius 1 is 0.917 bits per heavy atom. The molecule has 0 amide bonds. The summed E-state index contributed by atoms with van der Waals surface area (Å²) in [6, 6.07) is 13.4. The zero-order valence-corrected chi connectivity index (χ0v) is 12.2. The van der Waals surface area contributed by atoms with Crippen molar-refractivity contribution in [2.75, 3.05) is 0 Å².